The Morgan fingerprint density at radius 2 is 2.32 bits per heavy atom. The molecule has 0 saturated heterocycles. The van der Waals surface area contributed by atoms with Gasteiger partial charge in [0.05, 0.1) is 9.40 Å². The van der Waals surface area contributed by atoms with Crippen molar-refractivity contribution in [2.75, 3.05) is 18.0 Å². The van der Waals surface area contributed by atoms with Crippen LogP contribution in [-0.4, -0.2) is 34.1 Å². The average molecular weight is 330 g/mol. The Kier molecular flexibility index (Phi) is 3.98. The topological polar surface area (TPSA) is 96.6 Å². The maximum absolute atomic E-state index is 10.9. The first kappa shape index (κ1) is 13.7. The van der Waals surface area contributed by atoms with Crippen molar-refractivity contribution in [3.05, 3.63) is 26.9 Å². The molecule has 1 aliphatic rings. The number of anilines is 1. The molecule has 1 aliphatic carbocycles. The summed E-state index contributed by atoms with van der Waals surface area (Å²) in [4.78, 5) is 26.6. The van der Waals surface area contributed by atoms with Gasteiger partial charge < -0.3 is 10.0 Å². The lowest BCUT2D eigenvalue weighted by Gasteiger charge is -2.22. The fraction of sp³-hybridized carbons (Fsp3) is 0.455. The van der Waals surface area contributed by atoms with Gasteiger partial charge in [-0.05, 0) is 34.7 Å². The maximum atomic E-state index is 10.9. The molecule has 0 atom stereocenters. The highest BCUT2D eigenvalue weighted by Crippen LogP contribution is 2.33. The van der Waals surface area contributed by atoms with Gasteiger partial charge in [0, 0.05) is 12.6 Å². The minimum absolute atomic E-state index is 0.127. The van der Waals surface area contributed by atoms with Gasteiger partial charge >= 0.3 is 5.97 Å². The van der Waals surface area contributed by atoms with Crippen molar-refractivity contribution in [1.82, 2.24) is 4.98 Å². The number of carbonyl (C=O) groups is 1. The summed E-state index contributed by atoms with van der Waals surface area (Å²) in [7, 11) is 0. The molecule has 102 valence electrons. The van der Waals surface area contributed by atoms with E-state index in [2.05, 4.69) is 20.9 Å². The standard InChI is InChI=1S/C11H12BrN3O4/c12-9-3-8(15(18)19)4-13-11(9)14(6-10(16)17)5-7-1-2-7/h3-4,7H,1-2,5-6H2,(H,16,17). The molecule has 2 rings (SSSR count). The predicted molar refractivity (Wildman–Crippen MR) is 71.2 cm³/mol. The van der Waals surface area contributed by atoms with E-state index in [-0.39, 0.29) is 12.2 Å². The molecule has 0 bridgehead atoms. The molecule has 7 nitrogen and oxygen atoms in total. The zero-order valence-electron chi connectivity index (χ0n) is 9.95. The molecule has 1 heterocycles. The Labute approximate surface area is 117 Å². The van der Waals surface area contributed by atoms with Crippen LogP contribution in [0.4, 0.5) is 11.5 Å². The third-order valence-electron chi connectivity index (χ3n) is 2.82. The number of rotatable bonds is 6. The fourth-order valence-electron chi connectivity index (χ4n) is 1.75. The quantitative estimate of drug-likeness (QED) is 0.633. The number of nitrogens with zero attached hydrogens (tertiary/aromatic N) is 3. The van der Waals surface area contributed by atoms with Crippen molar-refractivity contribution in [1.29, 1.82) is 0 Å². The van der Waals surface area contributed by atoms with Crippen molar-refractivity contribution in [3.8, 4) is 0 Å². The number of carboxylic acids is 1. The molecule has 1 N–H and O–H groups in total. The highest BCUT2D eigenvalue weighted by molar-refractivity contribution is 9.10. The van der Waals surface area contributed by atoms with Gasteiger partial charge in [0.2, 0.25) is 0 Å². The first-order valence-corrected chi connectivity index (χ1v) is 6.53. The molecular weight excluding hydrogens is 318 g/mol. The van der Waals surface area contributed by atoms with E-state index in [1.165, 1.54) is 6.07 Å². The highest BCUT2D eigenvalue weighted by Gasteiger charge is 2.27. The molecule has 0 radical (unpaired) electrons. The van der Waals surface area contributed by atoms with E-state index in [1.54, 1.807) is 4.90 Å². The van der Waals surface area contributed by atoms with Gasteiger partial charge in [-0.2, -0.15) is 0 Å². The summed E-state index contributed by atoms with van der Waals surface area (Å²) in [5.41, 5.74) is -0.127. The molecule has 0 aliphatic heterocycles. The van der Waals surface area contributed by atoms with Crippen LogP contribution < -0.4 is 4.90 Å². The Morgan fingerprint density at radius 1 is 1.63 bits per heavy atom. The average Bonchev–Trinajstić information content (AvgIpc) is 3.11. The first-order chi connectivity index (χ1) is 8.97. The normalized spacial score (nSPS) is 14.2. The SMILES string of the molecule is O=C(O)CN(CC1CC1)c1ncc([N+](=O)[O-])cc1Br. The summed E-state index contributed by atoms with van der Waals surface area (Å²) in [5, 5.41) is 19.6. The summed E-state index contributed by atoms with van der Waals surface area (Å²) < 4.78 is 0.434. The number of aliphatic carboxylic acids is 1. The van der Waals surface area contributed by atoms with Crippen LogP contribution in [0.25, 0.3) is 0 Å². The van der Waals surface area contributed by atoms with Gasteiger partial charge in [-0.1, -0.05) is 0 Å². The van der Waals surface area contributed by atoms with Crippen LogP contribution in [0.3, 0.4) is 0 Å². The van der Waals surface area contributed by atoms with Crippen LogP contribution in [0.15, 0.2) is 16.7 Å². The fourth-order valence-corrected chi connectivity index (χ4v) is 2.34. The molecule has 1 aromatic heterocycles. The smallest absolute Gasteiger partial charge is 0.323 e. The predicted octanol–water partition coefficient (Wildman–Crippen LogP) is 2.05. The van der Waals surface area contributed by atoms with Gasteiger partial charge in [0.25, 0.3) is 5.69 Å². The second-order valence-electron chi connectivity index (χ2n) is 4.47. The molecule has 1 saturated carbocycles. The summed E-state index contributed by atoms with van der Waals surface area (Å²) in [6.45, 7) is 0.440. The number of carboxylic acid groups (broad SMARTS) is 1. The molecule has 19 heavy (non-hydrogen) atoms. The number of hydrogen-bond donors (Lipinski definition) is 1. The van der Waals surface area contributed by atoms with Crippen LogP contribution in [0.2, 0.25) is 0 Å². The van der Waals surface area contributed by atoms with Crippen LogP contribution in [0.5, 0.6) is 0 Å². The lowest BCUT2D eigenvalue weighted by atomic mass is 10.3. The number of halogens is 1. The third-order valence-corrected chi connectivity index (χ3v) is 3.40. The van der Waals surface area contributed by atoms with E-state index in [0.717, 1.165) is 19.0 Å². The molecule has 0 spiro atoms. The zero-order chi connectivity index (χ0) is 14.0. The van der Waals surface area contributed by atoms with Gasteiger partial charge in [-0.3, -0.25) is 14.9 Å². The van der Waals surface area contributed by atoms with Crippen LogP contribution in [0, 0.1) is 16.0 Å². The van der Waals surface area contributed by atoms with E-state index in [4.69, 9.17) is 5.11 Å². The van der Waals surface area contributed by atoms with Crippen LogP contribution in [-0.2, 0) is 4.79 Å². The van der Waals surface area contributed by atoms with Crippen molar-refractivity contribution in [2.24, 2.45) is 5.92 Å². The number of nitro groups is 1. The zero-order valence-corrected chi connectivity index (χ0v) is 11.5. The highest BCUT2D eigenvalue weighted by atomic mass is 79.9. The largest absolute Gasteiger partial charge is 0.480 e. The van der Waals surface area contributed by atoms with Gasteiger partial charge in [-0.15, -0.1) is 0 Å². The lowest BCUT2D eigenvalue weighted by molar-refractivity contribution is -0.385. The van der Waals surface area contributed by atoms with Crippen molar-refractivity contribution in [2.45, 2.75) is 12.8 Å². The summed E-state index contributed by atoms with van der Waals surface area (Å²) >= 11 is 3.21. The minimum atomic E-state index is -0.951. The summed E-state index contributed by atoms with van der Waals surface area (Å²) in [6.07, 6.45) is 3.31. The van der Waals surface area contributed by atoms with E-state index in [9.17, 15) is 14.9 Å². The van der Waals surface area contributed by atoms with Crippen molar-refractivity contribution < 1.29 is 14.8 Å². The molecule has 0 unspecified atom stereocenters. The van der Waals surface area contributed by atoms with Gasteiger partial charge in [0.1, 0.15) is 18.6 Å². The number of aromatic nitrogens is 1. The maximum Gasteiger partial charge on any atom is 0.323 e. The minimum Gasteiger partial charge on any atom is -0.480 e. The molecule has 8 heteroatoms. The van der Waals surface area contributed by atoms with Crippen LogP contribution >= 0.6 is 15.9 Å². The van der Waals surface area contributed by atoms with Gasteiger partial charge in [0.15, 0.2) is 0 Å². The molecule has 1 aromatic rings. The molecular formula is C11H12BrN3O4. The Morgan fingerprint density at radius 3 is 2.79 bits per heavy atom. The Bertz CT molecular complexity index is 519. The number of pyridine rings is 1. The summed E-state index contributed by atoms with van der Waals surface area (Å²) in [6, 6.07) is 1.34. The first-order valence-electron chi connectivity index (χ1n) is 5.74. The number of hydrogen-bond acceptors (Lipinski definition) is 5. The van der Waals surface area contributed by atoms with Crippen molar-refractivity contribution in [3.63, 3.8) is 0 Å². The molecule has 0 aromatic carbocycles. The van der Waals surface area contributed by atoms with Gasteiger partial charge in [-0.25, -0.2) is 4.98 Å². The second-order valence-corrected chi connectivity index (χ2v) is 5.33. The van der Waals surface area contributed by atoms with E-state index >= 15 is 0 Å². The second kappa shape index (κ2) is 5.52. The third kappa shape index (κ3) is 3.63. The van der Waals surface area contributed by atoms with E-state index in [0.29, 0.717) is 22.8 Å². The monoisotopic (exact) mass is 329 g/mol. The van der Waals surface area contributed by atoms with E-state index < -0.39 is 10.9 Å². The lowest BCUT2D eigenvalue weighted by Crippen LogP contribution is -2.32. The van der Waals surface area contributed by atoms with Crippen LogP contribution in [0.1, 0.15) is 12.8 Å². The Balaban J connectivity index is 2.24. The molecule has 0 amide bonds. The van der Waals surface area contributed by atoms with Crippen molar-refractivity contribution >= 4 is 33.4 Å². The van der Waals surface area contributed by atoms with E-state index in [1.807, 2.05) is 0 Å². The molecule has 1 fully saturated rings. The summed E-state index contributed by atoms with van der Waals surface area (Å²) in [5.74, 6) is -0.0316. The Hall–Kier alpha value is -1.70.